The van der Waals surface area contributed by atoms with Gasteiger partial charge < -0.3 is 4.74 Å². The van der Waals surface area contributed by atoms with Gasteiger partial charge >= 0.3 is 0 Å². The van der Waals surface area contributed by atoms with Gasteiger partial charge in [-0.3, -0.25) is 0 Å². The average Bonchev–Trinajstić information content (AvgIpc) is 2.47. The fraction of sp³-hybridized carbons (Fsp3) is 0.294. The van der Waals surface area contributed by atoms with Gasteiger partial charge in [0.25, 0.3) is 0 Å². The fourth-order valence-electron chi connectivity index (χ4n) is 2.72. The standard InChI is InChI=1S/C17H18O/c1-18-17-10-9-15-11-14(7-8-16(15)12-17)13-5-3-2-4-6-13/h2-3,7-13H,4-6H2,1H3. The van der Waals surface area contributed by atoms with Crippen molar-refractivity contribution in [2.24, 2.45) is 0 Å². The van der Waals surface area contributed by atoms with E-state index in [1.807, 2.05) is 6.07 Å². The Morgan fingerprint density at radius 3 is 2.61 bits per heavy atom. The fourth-order valence-corrected chi connectivity index (χ4v) is 2.72. The Kier molecular flexibility index (Phi) is 3.06. The van der Waals surface area contributed by atoms with Gasteiger partial charge in [0.2, 0.25) is 0 Å². The molecule has 0 heterocycles. The molecule has 1 aliphatic rings. The summed E-state index contributed by atoms with van der Waals surface area (Å²) >= 11 is 0. The van der Waals surface area contributed by atoms with Crippen molar-refractivity contribution in [3.63, 3.8) is 0 Å². The molecule has 92 valence electrons. The van der Waals surface area contributed by atoms with Gasteiger partial charge in [-0.1, -0.05) is 36.4 Å². The topological polar surface area (TPSA) is 9.23 Å². The normalized spacial score (nSPS) is 19.1. The molecule has 0 radical (unpaired) electrons. The minimum Gasteiger partial charge on any atom is -0.497 e. The molecular weight excluding hydrogens is 220 g/mol. The van der Waals surface area contributed by atoms with E-state index in [1.54, 1.807) is 7.11 Å². The van der Waals surface area contributed by atoms with Crippen molar-refractivity contribution in [1.82, 2.24) is 0 Å². The van der Waals surface area contributed by atoms with Crippen molar-refractivity contribution >= 4 is 10.8 Å². The van der Waals surface area contributed by atoms with Crippen LogP contribution >= 0.6 is 0 Å². The number of hydrogen-bond donors (Lipinski definition) is 0. The molecule has 1 aliphatic carbocycles. The molecule has 0 fully saturated rings. The molecule has 1 nitrogen and oxygen atoms in total. The van der Waals surface area contributed by atoms with E-state index in [4.69, 9.17) is 4.74 Å². The summed E-state index contributed by atoms with van der Waals surface area (Å²) in [6.07, 6.45) is 8.28. The van der Waals surface area contributed by atoms with Crippen LogP contribution in [0.2, 0.25) is 0 Å². The first-order valence-electron chi connectivity index (χ1n) is 6.59. The van der Waals surface area contributed by atoms with Crippen LogP contribution in [0.1, 0.15) is 30.7 Å². The second kappa shape index (κ2) is 4.85. The number of ether oxygens (including phenoxy) is 1. The smallest absolute Gasteiger partial charge is 0.119 e. The number of hydrogen-bond acceptors (Lipinski definition) is 1. The Morgan fingerprint density at radius 2 is 1.83 bits per heavy atom. The molecule has 0 spiro atoms. The predicted octanol–water partition coefficient (Wildman–Crippen LogP) is 4.67. The number of methoxy groups -OCH3 is 1. The Bertz CT molecular complexity index is 583. The molecule has 2 aromatic carbocycles. The van der Waals surface area contributed by atoms with Crippen LogP contribution < -0.4 is 4.74 Å². The zero-order chi connectivity index (χ0) is 12.4. The highest BCUT2D eigenvalue weighted by molar-refractivity contribution is 5.84. The number of fused-ring (bicyclic) bond motifs is 1. The van der Waals surface area contributed by atoms with Gasteiger partial charge in [-0.15, -0.1) is 0 Å². The number of rotatable bonds is 2. The summed E-state index contributed by atoms with van der Waals surface area (Å²) in [6.45, 7) is 0. The van der Waals surface area contributed by atoms with E-state index in [-0.39, 0.29) is 0 Å². The van der Waals surface area contributed by atoms with Crippen molar-refractivity contribution in [1.29, 1.82) is 0 Å². The molecule has 2 aromatic rings. The maximum absolute atomic E-state index is 5.26. The van der Waals surface area contributed by atoms with Crippen molar-refractivity contribution in [2.45, 2.75) is 25.2 Å². The van der Waals surface area contributed by atoms with Gasteiger partial charge in [0.05, 0.1) is 7.11 Å². The van der Waals surface area contributed by atoms with Crippen LogP contribution in [-0.4, -0.2) is 7.11 Å². The third-order valence-corrected chi connectivity index (χ3v) is 3.81. The largest absolute Gasteiger partial charge is 0.497 e. The van der Waals surface area contributed by atoms with E-state index in [9.17, 15) is 0 Å². The van der Waals surface area contributed by atoms with E-state index < -0.39 is 0 Å². The lowest BCUT2D eigenvalue weighted by Crippen LogP contribution is -2.00. The first-order chi connectivity index (χ1) is 8.86. The van der Waals surface area contributed by atoms with Crippen molar-refractivity contribution in [2.75, 3.05) is 7.11 Å². The van der Waals surface area contributed by atoms with Crippen LogP contribution in [0.15, 0.2) is 48.6 Å². The molecule has 1 unspecified atom stereocenters. The predicted molar refractivity (Wildman–Crippen MR) is 76.2 cm³/mol. The van der Waals surface area contributed by atoms with E-state index in [0.717, 1.165) is 5.75 Å². The molecule has 0 bridgehead atoms. The quantitative estimate of drug-likeness (QED) is 0.691. The molecule has 0 aliphatic heterocycles. The van der Waals surface area contributed by atoms with Crippen molar-refractivity contribution in [3.05, 3.63) is 54.1 Å². The monoisotopic (exact) mass is 238 g/mol. The van der Waals surface area contributed by atoms with E-state index >= 15 is 0 Å². The van der Waals surface area contributed by atoms with Crippen molar-refractivity contribution in [3.8, 4) is 5.75 Å². The summed E-state index contributed by atoms with van der Waals surface area (Å²) in [4.78, 5) is 0. The third-order valence-electron chi connectivity index (χ3n) is 3.81. The van der Waals surface area contributed by atoms with Gasteiger partial charge in [0.15, 0.2) is 0 Å². The summed E-state index contributed by atoms with van der Waals surface area (Å²) in [5.74, 6) is 1.62. The molecule has 0 saturated carbocycles. The third kappa shape index (κ3) is 2.13. The summed E-state index contributed by atoms with van der Waals surface area (Å²) < 4.78 is 5.26. The SMILES string of the molecule is COc1ccc2cc(C3CC=CCC3)ccc2c1. The molecular formula is C17H18O. The zero-order valence-electron chi connectivity index (χ0n) is 10.7. The summed E-state index contributed by atoms with van der Waals surface area (Å²) in [6, 6.07) is 13.1. The van der Waals surface area contributed by atoms with Crippen LogP contribution in [0.25, 0.3) is 10.8 Å². The first kappa shape index (κ1) is 11.3. The first-order valence-corrected chi connectivity index (χ1v) is 6.59. The summed E-state index contributed by atoms with van der Waals surface area (Å²) in [5, 5.41) is 2.56. The Morgan fingerprint density at radius 1 is 1.00 bits per heavy atom. The molecule has 1 heteroatoms. The van der Waals surface area contributed by atoms with Gasteiger partial charge in [0, 0.05) is 0 Å². The highest BCUT2D eigenvalue weighted by Crippen LogP contribution is 2.31. The van der Waals surface area contributed by atoms with Crippen molar-refractivity contribution < 1.29 is 4.74 Å². The lowest BCUT2D eigenvalue weighted by Gasteiger charge is -2.18. The van der Waals surface area contributed by atoms with Crippen LogP contribution in [0.4, 0.5) is 0 Å². The lowest BCUT2D eigenvalue weighted by atomic mass is 9.87. The van der Waals surface area contributed by atoms with Gasteiger partial charge in [-0.05, 0) is 53.6 Å². The van der Waals surface area contributed by atoms with Crippen LogP contribution in [0.3, 0.4) is 0 Å². The number of allylic oxidation sites excluding steroid dienone is 2. The van der Waals surface area contributed by atoms with E-state index in [0.29, 0.717) is 5.92 Å². The van der Waals surface area contributed by atoms with E-state index in [2.05, 4.69) is 42.5 Å². The maximum atomic E-state index is 5.26. The highest BCUT2D eigenvalue weighted by Gasteiger charge is 2.12. The van der Waals surface area contributed by atoms with Gasteiger partial charge in [-0.25, -0.2) is 0 Å². The summed E-state index contributed by atoms with van der Waals surface area (Å²) in [7, 11) is 1.71. The molecule has 0 N–H and O–H groups in total. The molecule has 3 rings (SSSR count). The Labute approximate surface area is 108 Å². The Balaban J connectivity index is 1.98. The minimum atomic E-state index is 0.696. The molecule has 1 atom stereocenters. The second-order valence-corrected chi connectivity index (χ2v) is 4.95. The Hall–Kier alpha value is -1.76. The molecule has 0 saturated heterocycles. The van der Waals surface area contributed by atoms with Crippen LogP contribution in [0, 0.1) is 0 Å². The van der Waals surface area contributed by atoms with Crippen LogP contribution in [0.5, 0.6) is 5.75 Å². The highest BCUT2D eigenvalue weighted by atomic mass is 16.5. The zero-order valence-corrected chi connectivity index (χ0v) is 10.7. The minimum absolute atomic E-state index is 0.696. The maximum Gasteiger partial charge on any atom is 0.119 e. The van der Waals surface area contributed by atoms with Gasteiger partial charge in [-0.2, -0.15) is 0 Å². The molecule has 0 aromatic heterocycles. The number of benzene rings is 2. The summed E-state index contributed by atoms with van der Waals surface area (Å²) in [5.41, 5.74) is 1.47. The van der Waals surface area contributed by atoms with Crippen LogP contribution in [-0.2, 0) is 0 Å². The molecule has 0 amide bonds. The van der Waals surface area contributed by atoms with E-state index in [1.165, 1.54) is 35.6 Å². The second-order valence-electron chi connectivity index (χ2n) is 4.95. The molecule has 18 heavy (non-hydrogen) atoms. The lowest BCUT2D eigenvalue weighted by molar-refractivity contribution is 0.415. The average molecular weight is 238 g/mol. The van der Waals surface area contributed by atoms with Gasteiger partial charge in [0.1, 0.15) is 5.75 Å².